The lowest BCUT2D eigenvalue weighted by molar-refractivity contribution is -0.122. The van der Waals surface area contributed by atoms with Crippen LogP contribution in [-0.4, -0.2) is 24.9 Å². The van der Waals surface area contributed by atoms with Crippen LogP contribution >= 0.6 is 0 Å². The summed E-state index contributed by atoms with van der Waals surface area (Å²) in [5.41, 5.74) is 2.15. The second-order valence-electron chi connectivity index (χ2n) is 4.20. The summed E-state index contributed by atoms with van der Waals surface area (Å²) in [6.07, 6.45) is 3.12. The van der Waals surface area contributed by atoms with Crippen LogP contribution < -0.4 is 10.2 Å². The number of aryl methyl sites for hydroxylation is 1. The third-order valence-electron chi connectivity index (χ3n) is 3.01. The van der Waals surface area contributed by atoms with Gasteiger partial charge in [0.05, 0.1) is 6.54 Å². The minimum Gasteiger partial charge on any atom is -0.343 e. The lowest BCUT2D eigenvalue weighted by atomic mass is 10.0. The van der Waals surface area contributed by atoms with Gasteiger partial charge in [-0.05, 0) is 30.5 Å². The maximum Gasteiger partial charge on any atom is 0.246 e. The minimum atomic E-state index is -0.325. The Morgan fingerprint density at radius 3 is 2.94 bits per heavy atom. The van der Waals surface area contributed by atoms with Gasteiger partial charge in [-0.1, -0.05) is 24.8 Å². The molecule has 2 amide bonds. The monoisotopic (exact) mass is 244 g/mol. The Balaban J connectivity index is 2.08. The molecule has 1 heterocycles. The van der Waals surface area contributed by atoms with Crippen molar-refractivity contribution in [3.63, 3.8) is 0 Å². The molecule has 0 unspecified atom stereocenters. The Morgan fingerprint density at radius 1 is 1.39 bits per heavy atom. The minimum absolute atomic E-state index is 0.0131. The van der Waals surface area contributed by atoms with Crippen molar-refractivity contribution < 1.29 is 9.59 Å². The molecule has 0 aromatic heterocycles. The van der Waals surface area contributed by atoms with Gasteiger partial charge in [0.1, 0.15) is 0 Å². The first-order valence-electron chi connectivity index (χ1n) is 6.01. The SMILES string of the molecule is C=CC(=O)NCC(=O)N1CCCc2ccccc21. The molecule has 1 aromatic rings. The van der Waals surface area contributed by atoms with E-state index in [9.17, 15) is 9.59 Å². The highest BCUT2D eigenvalue weighted by Crippen LogP contribution is 2.26. The molecule has 0 bridgehead atoms. The molecule has 2 rings (SSSR count). The first-order chi connectivity index (χ1) is 8.72. The molecule has 0 saturated heterocycles. The summed E-state index contributed by atoms with van der Waals surface area (Å²) in [5, 5.41) is 2.51. The number of hydrogen-bond donors (Lipinski definition) is 1. The molecular formula is C14H16N2O2. The topological polar surface area (TPSA) is 49.4 Å². The van der Waals surface area contributed by atoms with Crippen molar-refractivity contribution in [3.8, 4) is 0 Å². The van der Waals surface area contributed by atoms with Crippen LogP contribution in [0.5, 0.6) is 0 Å². The van der Waals surface area contributed by atoms with Gasteiger partial charge in [-0.25, -0.2) is 0 Å². The van der Waals surface area contributed by atoms with E-state index in [1.807, 2.05) is 24.3 Å². The zero-order valence-corrected chi connectivity index (χ0v) is 10.2. The van der Waals surface area contributed by atoms with Gasteiger partial charge in [0.25, 0.3) is 0 Å². The quantitative estimate of drug-likeness (QED) is 0.814. The van der Waals surface area contributed by atoms with Crippen molar-refractivity contribution in [1.29, 1.82) is 0 Å². The highest BCUT2D eigenvalue weighted by molar-refractivity contribution is 5.98. The van der Waals surface area contributed by atoms with Gasteiger partial charge in [0.15, 0.2) is 0 Å². The standard InChI is InChI=1S/C14H16N2O2/c1-2-13(17)15-10-14(18)16-9-5-7-11-6-3-4-8-12(11)16/h2-4,6,8H,1,5,7,9-10H2,(H,15,17). The number of carbonyl (C=O) groups excluding carboxylic acids is 2. The Hall–Kier alpha value is -2.10. The number of amides is 2. The van der Waals surface area contributed by atoms with E-state index < -0.39 is 0 Å². The molecule has 1 aliphatic heterocycles. The van der Waals surface area contributed by atoms with Gasteiger partial charge in [-0.15, -0.1) is 0 Å². The number of carbonyl (C=O) groups is 2. The van der Waals surface area contributed by atoms with E-state index in [1.165, 1.54) is 5.56 Å². The molecule has 1 N–H and O–H groups in total. The van der Waals surface area contributed by atoms with Crippen molar-refractivity contribution in [2.75, 3.05) is 18.0 Å². The zero-order chi connectivity index (χ0) is 13.0. The summed E-state index contributed by atoms with van der Waals surface area (Å²) in [4.78, 5) is 24.8. The second kappa shape index (κ2) is 5.49. The fourth-order valence-electron chi connectivity index (χ4n) is 2.12. The maximum absolute atomic E-state index is 12.1. The molecule has 0 spiro atoms. The van der Waals surface area contributed by atoms with Gasteiger partial charge in [0.2, 0.25) is 11.8 Å². The lowest BCUT2D eigenvalue weighted by Gasteiger charge is -2.29. The molecule has 0 saturated carbocycles. The number of nitrogens with zero attached hydrogens (tertiary/aromatic N) is 1. The predicted molar refractivity (Wildman–Crippen MR) is 70.3 cm³/mol. The van der Waals surface area contributed by atoms with Crippen molar-refractivity contribution in [2.45, 2.75) is 12.8 Å². The normalized spacial score (nSPS) is 13.7. The number of rotatable bonds is 3. The summed E-state index contributed by atoms with van der Waals surface area (Å²) in [6.45, 7) is 4.07. The van der Waals surface area contributed by atoms with Crippen LogP contribution in [0.3, 0.4) is 0 Å². The Kier molecular flexibility index (Phi) is 3.77. The molecule has 18 heavy (non-hydrogen) atoms. The average molecular weight is 244 g/mol. The van der Waals surface area contributed by atoms with Gasteiger partial charge in [-0.3, -0.25) is 9.59 Å². The van der Waals surface area contributed by atoms with Crippen molar-refractivity contribution >= 4 is 17.5 Å². The summed E-state index contributed by atoms with van der Waals surface area (Å²) < 4.78 is 0. The summed E-state index contributed by atoms with van der Waals surface area (Å²) in [7, 11) is 0. The number of anilines is 1. The highest BCUT2D eigenvalue weighted by atomic mass is 16.2. The summed E-state index contributed by atoms with van der Waals surface area (Å²) >= 11 is 0. The molecule has 94 valence electrons. The van der Waals surface area contributed by atoms with Gasteiger partial charge >= 0.3 is 0 Å². The average Bonchev–Trinajstić information content (AvgIpc) is 2.43. The van der Waals surface area contributed by atoms with Crippen LogP contribution in [0.4, 0.5) is 5.69 Å². The number of para-hydroxylation sites is 1. The van der Waals surface area contributed by atoms with Crippen LogP contribution in [0.1, 0.15) is 12.0 Å². The van der Waals surface area contributed by atoms with Crippen LogP contribution in [0.2, 0.25) is 0 Å². The fraction of sp³-hybridized carbons (Fsp3) is 0.286. The van der Waals surface area contributed by atoms with Gasteiger partial charge < -0.3 is 10.2 Å². The van der Waals surface area contributed by atoms with Crippen LogP contribution in [0.25, 0.3) is 0 Å². The fourth-order valence-corrected chi connectivity index (χ4v) is 2.12. The third kappa shape index (κ3) is 2.59. The molecule has 0 radical (unpaired) electrons. The molecule has 4 heteroatoms. The van der Waals surface area contributed by atoms with Gasteiger partial charge in [0, 0.05) is 12.2 Å². The first-order valence-corrected chi connectivity index (χ1v) is 6.01. The zero-order valence-electron chi connectivity index (χ0n) is 10.2. The second-order valence-corrected chi connectivity index (χ2v) is 4.20. The van der Waals surface area contributed by atoms with Crippen molar-refractivity contribution in [3.05, 3.63) is 42.5 Å². The molecule has 4 nitrogen and oxygen atoms in total. The van der Waals surface area contributed by atoms with Crippen LogP contribution in [-0.2, 0) is 16.0 Å². The van der Waals surface area contributed by atoms with E-state index in [0.29, 0.717) is 6.54 Å². The van der Waals surface area contributed by atoms with Crippen LogP contribution in [0, 0.1) is 0 Å². The number of hydrogen-bond acceptors (Lipinski definition) is 2. The molecular weight excluding hydrogens is 228 g/mol. The number of fused-ring (bicyclic) bond motifs is 1. The Morgan fingerprint density at radius 2 is 2.17 bits per heavy atom. The molecule has 1 aliphatic rings. The van der Waals surface area contributed by atoms with Crippen molar-refractivity contribution in [2.24, 2.45) is 0 Å². The highest BCUT2D eigenvalue weighted by Gasteiger charge is 2.21. The number of benzene rings is 1. The third-order valence-corrected chi connectivity index (χ3v) is 3.01. The van der Waals surface area contributed by atoms with E-state index in [2.05, 4.69) is 11.9 Å². The summed E-state index contributed by atoms with van der Waals surface area (Å²) in [5.74, 6) is -0.411. The molecule has 1 aromatic carbocycles. The van der Waals surface area contributed by atoms with E-state index in [4.69, 9.17) is 0 Å². The Bertz CT molecular complexity index is 482. The van der Waals surface area contributed by atoms with Crippen LogP contribution in [0.15, 0.2) is 36.9 Å². The molecule has 0 aliphatic carbocycles. The number of nitrogens with one attached hydrogen (secondary N) is 1. The Labute approximate surface area is 106 Å². The smallest absolute Gasteiger partial charge is 0.246 e. The van der Waals surface area contributed by atoms with E-state index in [0.717, 1.165) is 24.6 Å². The largest absolute Gasteiger partial charge is 0.343 e. The van der Waals surface area contributed by atoms with E-state index in [-0.39, 0.29) is 18.4 Å². The predicted octanol–water partition coefficient (Wildman–Crippen LogP) is 1.27. The lowest BCUT2D eigenvalue weighted by Crippen LogP contribution is -2.42. The summed E-state index contributed by atoms with van der Waals surface area (Å²) in [6, 6.07) is 7.89. The maximum atomic E-state index is 12.1. The molecule has 0 atom stereocenters. The van der Waals surface area contributed by atoms with E-state index >= 15 is 0 Å². The van der Waals surface area contributed by atoms with E-state index in [1.54, 1.807) is 4.90 Å². The first kappa shape index (κ1) is 12.4. The van der Waals surface area contributed by atoms with Crippen molar-refractivity contribution in [1.82, 2.24) is 5.32 Å². The molecule has 0 fully saturated rings. The van der Waals surface area contributed by atoms with Gasteiger partial charge in [-0.2, -0.15) is 0 Å².